The van der Waals surface area contributed by atoms with Crippen LogP contribution in [0.1, 0.15) is 25.3 Å². The summed E-state index contributed by atoms with van der Waals surface area (Å²) < 4.78 is 0. The summed E-state index contributed by atoms with van der Waals surface area (Å²) in [4.78, 5) is 2.07. The molecule has 0 radical (unpaired) electrons. The minimum absolute atomic E-state index is 0.551. The third-order valence-corrected chi connectivity index (χ3v) is 3.25. The Hall–Kier alpha value is -1.62. The molecule has 0 amide bonds. The van der Waals surface area contributed by atoms with Crippen molar-refractivity contribution in [2.45, 2.75) is 25.8 Å². The van der Waals surface area contributed by atoms with E-state index < -0.39 is 0 Å². The first-order valence-electron chi connectivity index (χ1n) is 6.45. The zero-order valence-corrected chi connectivity index (χ0v) is 12.4. The molecule has 0 atom stereocenters. The molecular weight excluding hydrogens is 256 g/mol. The molecular formula is C14H20N4S. The highest BCUT2D eigenvalue weighted by atomic mass is 32.1. The molecule has 19 heavy (non-hydrogen) atoms. The second-order valence-electron chi connectivity index (χ2n) is 5.00. The molecule has 0 aromatic heterocycles. The normalized spacial score (nSPS) is 15.0. The predicted octanol–water partition coefficient (Wildman–Crippen LogP) is 2.10. The fourth-order valence-electron chi connectivity index (χ4n) is 1.65. The number of anilines is 1. The summed E-state index contributed by atoms with van der Waals surface area (Å²) in [6.45, 7) is 1.97. The molecule has 1 aromatic rings. The molecule has 1 fully saturated rings. The van der Waals surface area contributed by atoms with Crippen LogP contribution < -0.4 is 15.6 Å². The van der Waals surface area contributed by atoms with Crippen LogP contribution >= 0.6 is 12.2 Å². The predicted molar refractivity (Wildman–Crippen MR) is 84.9 cm³/mol. The number of nitrogens with one attached hydrogen (secondary N) is 2. The molecule has 2 N–H and O–H groups in total. The van der Waals surface area contributed by atoms with E-state index in [0.717, 1.165) is 11.3 Å². The van der Waals surface area contributed by atoms with Gasteiger partial charge in [-0.15, -0.1) is 0 Å². The monoisotopic (exact) mass is 276 g/mol. The van der Waals surface area contributed by atoms with Crippen molar-refractivity contribution in [2.75, 3.05) is 19.0 Å². The van der Waals surface area contributed by atoms with Crippen LogP contribution in [0.3, 0.4) is 0 Å². The van der Waals surface area contributed by atoms with E-state index in [4.69, 9.17) is 12.2 Å². The van der Waals surface area contributed by atoms with Gasteiger partial charge in [0.1, 0.15) is 0 Å². The van der Waals surface area contributed by atoms with Crippen LogP contribution in [0.15, 0.2) is 29.4 Å². The van der Waals surface area contributed by atoms with Gasteiger partial charge in [-0.05, 0) is 49.7 Å². The molecule has 4 nitrogen and oxygen atoms in total. The summed E-state index contributed by atoms with van der Waals surface area (Å²) >= 11 is 5.16. The Morgan fingerprint density at radius 3 is 2.42 bits per heavy atom. The van der Waals surface area contributed by atoms with Gasteiger partial charge in [-0.2, -0.15) is 5.10 Å². The van der Waals surface area contributed by atoms with Crippen LogP contribution in [0, 0.1) is 0 Å². The molecule has 0 spiro atoms. The summed E-state index contributed by atoms with van der Waals surface area (Å²) in [5, 5.41) is 8.09. The average molecular weight is 276 g/mol. The van der Waals surface area contributed by atoms with Crippen molar-refractivity contribution in [3.05, 3.63) is 29.8 Å². The summed E-state index contributed by atoms with van der Waals surface area (Å²) in [6.07, 6.45) is 2.41. The number of thiocarbonyl (C=S) groups is 1. The number of nitrogens with zero attached hydrogens (tertiary/aromatic N) is 2. The zero-order valence-electron chi connectivity index (χ0n) is 11.6. The van der Waals surface area contributed by atoms with E-state index in [-0.39, 0.29) is 0 Å². The third-order valence-electron chi connectivity index (χ3n) is 3.04. The van der Waals surface area contributed by atoms with E-state index in [1.165, 1.54) is 18.5 Å². The van der Waals surface area contributed by atoms with E-state index in [2.05, 4.69) is 45.0 Å². The van der Waals surface area contributed by atoms with Crippen LogP contribution in [0.2, 0.25) is 0 Å². The van der Waals surface area contributed by atoms with E-state index in [9.17, 15) is 0 Å². The second-order valence-corrected chi connectivity index (χ2v) is 5.41. The number of hydrogen-bond acceptors (Lipinski definition) is 3. The maximum Gasteiger partial charge on any atom is 0.187 e. The molecule has 2 rings (SSSR count). The Morgan fingerprint density at radius 1 is 1.26 bits per heavy atom. The molecule has 1 saturated carbocycles. The van der Waals surface area contributed by atoms with Crippen LogP contribution in [-0.2, 0) is 0 Å². The van der Waals surface area contributed by atoms with Crippen LogP contribution in [0.4, 0.5) is 5.69 Å². The Labute approximate surface area is 119 Å². The molecule has 5 heteroatoms. The van der Waals surface area contributed by atoms with Gasteiger partial charge >= 0.3 is 0 Å². The summed E-state index contributed by atoms with van der Waals surface area (Å²) in [6, 6.07) is 8.83. The Kier molecular flexibility index (Phi) is 4.37. The first-order chi connectivity index (χ1) is 9.06. The first kappa shape index (κ1) is 13.8. The fraction of sp³-hybridized carbons (Fsp3) is 0.429. The first-order valence-corrected chi connectivity index (χ1v) is 6.85. The molecule has 0 bridgehead atoms. The molecule has 102 valence electrons. The lowest BCUT2D eigenvalue weighted by atomic mass is 10.1. The largest absolute Gasteiger partial charge is 0.378 e. The van der Waals surface area contributed by atoms with E-state index in [1.54, 1.807) is 0 Å². The topological polar surface area (TPSA) is 39.7 Å². The minimum atomic E-state index is 0.551. The Bertz CT molecular complexity index is 475. The molecule has 1 aromatic carbocycles. The highest BCUT2D eigenvalue weighted by molar-refractivity contribution is 7.80. The summed E-state index contributed by atoms with van der Waals surface area (Å²) in [5.41, 5.74) is 6.08. The van der Waals surface area contributed by atoms with Crippen LogP contribution in [0.5, 0.6) is 0 Å². The van der Waals surface area contributed by atoms with E-state index in [1.807, 2.05) is 21.0 Å². The highest BCUT2D eigenvalue weighted by Gasteiger charge is 2.21. The van der Waals surface area contributed by atoms with E-state index in [0.29, 0.717) is 11.2 Å². The van der Waals surface area contributed by atoms with Gasteiger partial charge in [-0.1, -0.05) is 12.1 Å². The van der Waals surface area contributed by atoms with Gasteiger partial charge in [-0.3, -0.25) is 5.43 Å². The van der Waals surface area contributed by atoms with Crippen molar-refractivity contribution < 1.29 is 0 Å². The lowest BCUT2D eigenvalue weighted by Gasteiger charge is -2.12. The van der Waals surface area contributed by atoms with Gasteiger partial charge in [0.05, 0.1) is 5.71 Å². The molecule has 1 aliphatic rings. The number of hydrazone groups is 1. The molecule has 1 aliphatic carbocycles. The lowest BCUT2D eigenvalue weighted by Crippen LogP contribution is -2.34. The van der Waals surface area contributed by atoms with Crippen molar-refractivity contribution in [2.24, 2.45) is 5.10 Å². The van der Waals surface area contributed by atoms with Crippen molar-refractivity contribution in [3.8, 4) is 0 Å². The number of hydrogen-bond donors (Lipinski definition) is 2. The highest BCUT2D eigenvalue weighted by Crippen LogP contribution is 2.18. The Morgan fingerprint density at radius 2 is 1.89 bits per heavy atom. The SMILES string of the molecule is C/C(=N\NC(=S)NC1CC1)c1ccc(N(C)C)cc1. The van der Waals surface area contributed by atoms with Crippen LogP contribution in [-0.4, -0.2) is 31.0 Å². The summed E-state index contributed by atoms with van der Waals surface area (Å²) in [7, 11) is 4.05. The van der Waals surface area contributed by atoms with Gasteiger partial charge in [0.15, 0.2) is 5.11 Å². The van der Waals surface area contributed by atoms with Crippen molar-refractivity contribution in [1.82, 2.24) is 10.7 Å². The van der Waals surface area contributed by atoms with E-state index >= 15 is 0 Å². The molecule has 0 unspecified atom stereocenters. The third kappa shape index (κ3) is 4.21. The summed E-state index contributed by atoms with van der Waals surface area (Å²) in [5.74, 6) is 0. The van der Waals surface area contributed by atoms with Gasteiger partial charge in [-0.25, -0.2) is 0 Å². The van der Waals surface area contributed by atoms with Crippen molar-refractivity contribution in [1.29, 1.82) is 0 Å². The standard InChI is InChI=1S/C14H20N4S/c1-10(16-17-14(19)15-12-6-7-12)11-4-8-13(9-5-11)18(2)3/h4-5,8-9,12H,6-7H2,1-3H3,(H2,15,17,19)/b16-10+. The maximum atomic E-state index is 5.16. The molecule has 0 saturated heterocycles. The number of rotatable bonds is 4. The molecule has 0 heterocycles. The van der Waals surface area contributed by atoms with Crippen LogP contribution in [0.25, 0.3) is 0 Å². The fourth-order valence-corrected chi connectivity index (χ4v) is 1.86. The lowest BCUT2D eigenvalue weighted by molar-refractivity contribution is 0.861. The zero-order chi connectivity index (χ0) is 13.8. The minimum Gasteiger partial charge on any atom is -0.378 e. The van der Waals surface area contributed by atoms with Gasteiger partial charge < -0.3 is 10.2 Å². The maximum absolute atomic E-state index is 5.16. The Balaban J connectivity index is 1.93. The van der Waals surface area contributed by atoms with Gasteiger partial charge in [0.25, 0.3) is 0 Å². The molecule has 0 aliphatic heterocycles. The van der Waals surface area contributed by atoms with Gasteiger partial charge in [0.2, 0.25) is 0 Å². The van der Waals surface area contributed by atoms with Crippen molar-refractivity contribution in [3.63, 3.8) is 0 Å². The second kappa shape index (κ2) is 6.02. The van der Waals surface area contributed by atoms with Crippen molar-refractivity contribution >= 4 is 28.7 Å². The average Bonchev–Trinajstić information content (AvgIpc) is 3.20. The quantitative estimate of drug-likeness (QED) is 0.502. The van der Waals surface area contributed by atoms with Gasteiger partial charge in [0, 0.05) is 25.8 Å². The number of benzene rings is 1. The smallest absolute Gasteiger partial charge is 0.187 e.